The van der Waals surface area contributed by atoms with Crippen LogP contribution in [0.15, 0.2) is 30.3 Å². The van der Waals surface area contributed by atoms with Gasteiger partial charge in [0.05, 0.1) is 12.6 Å². The predicted octanol–water partition coefficient (Wildman–Crippen LogP) is 3.36. The Balaban J connectivity index is 1.92. The Morgan fingerprint density at radius 1 is 1.21 bits per heavy atom. The number of carbonyl (C=O) groups excluding carboxylic acids is 2. The normalized spacial score (nSPS) is 24.9. The minimum Gasteiger partial charge on any atom is -0.445 e. The van der Waals surface area contributed by atoms with Gasteiger partial charge in [-0.3, -0.25) is 0 Å². The summed E-state index contributed by atoms with van der Waals surface area (Å²) in [6, 6.07) is 8.87. The molecule has 0 unspecified atom stereocenters. The third-order valence-electron chi connectivity index (χ3n) is 4.80. The SMILES string of the molecule is C[C@@H]1CC[C@@](O)(CNC(=O)OC(C)(C)C)[C@H](NC(=O)OCc2ccccc2)C1. The van der Waals surface area contributed by atoms with Crippen molar-refractivity contribution in [3.8, 4) is 0 Å². The maximum Gasteiger partial charge on any atom is 0.407 e. The number of alkyl carbamates (subject to hydrolysis) is 2. The molecule has 7 heteroatoms. The number of amides is 2. The Bertz CT molecular complexity index is 659. The molecule has 7 nitrogen and oxygen atoms in total. The molecule has 1 aliphatic rings. The Morgan fingerprint density at radius 2 is 1.89 bits per heavy atom. The van der Waals surface area contributed by atoms with Crippen molar-refractivity contribution in [1.29, 1.82) is 0 Å². The summed E-state index contributed by atoms with van der Waals surface area (Å²) in [6.07, 6.45) is 0.702. The molecule has 1 aromatic carbocycles. The maximum atomic E-state index is 12.2. The molecule has 3 atom stereocenters. The van der Waals surface area contributed by atoms with E-state index in [4.69, 9.17) is 9.47 Å². The van der Waals surface area contributed by atoms with Crippen LogP contribution in [-0.4, -0.2) is 41.1 Å². The van der Waals surface area contributed by atoms with E-state index in [0.717, 1.165) is 12.0 Å². The molecule has 2 amide bonds. The fourth-order valence-electron chi connectivity index (χ4n) is 3.26. The van der Waals surface area contributed by atoms with Crippen LogP contribution in [0, 0.1) is 5.92 Å². The van der Waals surface area contributed by atoms with Gasteiger partial charge in [0.1, 0.15) is 17.8 Å². The zero-order valence-corrected chi connectivity index (χ0v) is 17.2. The van der Waals surface area contributed by atoms with Crippen molar-refractivity contribution in [3.05, 3.63) is 35.9 Å². The van der Waals surface area contributed by atoms with E-state index in [0.29, 0.717) is 18.8 Å². The van der Waals surface area contributed by atoms with Gasteiger partial charge >= 0.3 is 12.2 Å². The van der Waals surface area contributed by atoms with Gasteiger partial charge in [0.25, 0.3) is 0 Å². The molecular formula is C21H32N2O5. The monoisotopic (exact) mass is 392 g/mol. The van der Waals surface area contributed by atoms with Gasteiger partial charge in [0, 0.05) is 0 Å². The summed E-state index contributed by atoms with van der Waals surface area (Å²) < 4.78 is 10.5. The van der Waals surface area contributed by atoms with Gasteiger partial charge in [-0.05, 0) is 51.5 Å². The van der Waals surface area contributed by atoms with Crippen molar-refractivity contribution in [2.45, 2.75) is 70.8 Å². The fourth-order valence-corrected chi connectivity index (χ4v) is 3.26. The van der Waals surface area contributed by atoms with E-state index >= 15 is 0 Å². The van der Waals surface area contributed by atoms with Crippen LogP contribution in [0.4, 0.5) is 9.59 Å². The zero-order valence-electron chi connectivity index (χ0n) is 17.2. The molecule has 0 radical (unpaired) electrons. The summed E-state index contributed by atoms with van der Waals surface area (Å²) in [6.45, 7) is 7.55. The number of carbonyl (C=O) groups is 2. The molecular weight excluding hydrogens is 360 g/mol. The quantitative estimate of drug-likeness (QED) is 0.714. The Kier molecular flexibility index (Phi) is 7.29. The van der Waals surface area contributed by atoms with Crippen LogP contribution < -0.4 is 10.6 Å². The second-order valence-electron chi connectivity index (χ2n) is 8.60. The van der Waals surface area contributed by atoms with Gasteiger partial charge in [-0.2, -0.15) is 0 Å². The first-order valence-electron chi connectivity index (χ1n) is 9.74. The second-order valence-corrected chi connectivity index (χ2v) is 8.60. The lowest BCUT2D eigenvalue weighted by atomic mass is 9.75. The summed E-state index contributed by atoms with van der Waals surface area (Å²) in [5.41, 5.74) is -0.987. The van der Waals surface area contributed by atoms with Crippen LogP contribution in [-0.2, 0) is 16.1 Å². The molecule has 1 saturated carbocycles. The second kappa shape index (κ2) is 9.28. The molecule has 1 aromatic rings. The molecule has 156 valence electrons. The molecule has 0 spiro atoms. The molecule has 0 aliphatic heterocycles. The number of benzene rings is 1. The molecule has 0 heterocycles. The smallest absolute Gasteiger partial charge is 0.407 e. The van der Waals surface area contributed by atoms with E-state index in [1.54, 1.807) is 20.8 Å². The number of rotatable bonds is 5. The third-order valence-corrected chi connectivity index (χ3v) is 4.80. The Hall–Kier alpha value is -2.28. The number of hydrogen-bond acceptors (Lipinski definition) is 5. The molecule has 1 fully saturated rings. The zero-order chi connectivity index (χ0) is 20.8. The maximum absolute atomic E-state index is 12.2. The lowest BCUT2D eigenvalue weighted by Crippen LogP contribution is -2.60. The van der Waals surface area contributed by atoms with Crippen molar-refractivity contribution < 1.29 is 24.2 Å². The van der Waals surface area contributed by atoms with Crippen LogP contribution in [0.25, 0.3) is 0 Å². The average Bonchev–Trinajstić information content (AvgIpc) is 2.61. The van der Waals surface area contributed by atoms with Gasteiger partial charge in [-0.1, -0.05) is 37.3 Å². The third kappa shape index (κ3) is 7.03. The highest BCUT2D eigenvalue weighted by Gasteiger charge is 2.42. The summed E-state index contributed by atoms with van der Waals surface area (Å²) in [4.78, 5) is 24.2. The highest BCUT2D eigenvalue weighted by Crippen LogP contribution is 2.32. The highest BCUT2D eigenvalue weighted by atomic mass is 16.6. The molecule has 28 heavy (non-hydrogen) atoms. The first-order valence-corrected chi connectivity index (χ1v) is 9.74. The largest absolute Gasteiger partial charge is 0.445 e. The van der Waals surface area contributed by atoms with Crippen LogP contribution in [0.1, 0.15) is 52.5 Å². The van der Waals surface area contributed by atoms with Gasteiger partial charge < -0.3 is 25.2 Å². The molecule has 1 aliphatic carbocycles. The van der Waals surface area contributed by atoms with Gasteiger partial charge in [0.15, 0.2) is 0 Å². The molecule has 0 aromatic heterocycles. The average molecular weight is 392 g/mol. The summed E-state index contributed by atoms with van der Waals surface area (Å²) in [5, 5.41) is 16.5. The van der Waals surface area contributed by atoms with Crippen molar-refractivity contribution in [2.24, 2.45) is 5.92 Å². The van der Waals surface area contributed by atoms with Crippen molar-refractivity contribution in [3.63, 3.8) is 0 Å². The molecule has 0 saturated heterocycles. The minimum atomic E-state index is -1.25. The van der Waals surface area contributed by atoms with E-state index in [2.05, 4.69) is 17.6 Å². The Morgan fingerprint density at radius 3 is 2.54 bits per heavy atom. The van der Waals surface area contributed by atoms with Crippen molar-refractivity contribution >= 4 is 12.2 Å². The standard InChI is InChI=1S/C21H32N2O5/c1-15-10-11-21(26,14-22-18(24)28-20(2,3)4)17(12-15)23-19(25)27-13-16-8-6-5-7-9-16/h5-9,15,17,26H,10-14H2,1-4H3,(H,22,24)(H,23,25)/t15-,17-,21-/m1/s1. The molecule has 3 N–H and O–H groups in total. The minimum absolute atomic E-state index is 0.00172. The van der Waals surface area contributed by atoms with E-state index in [-0.39, 0.29) is 13.2 Å². The van der Waals surface area contributed by atoms with E-state index in [9.17, 15) is 14.7 Å². The van der Waals surface area contributed by atoms with E-state index in [1.807, 2.05) is 30.3 Å². The van der Waals surface area contributed by atoms with Crippen LogP contribution in [0.2, 0.25) is 0 Å². The lowest BCUT2D eigenvalue weighted by molar-refractivity contribution is -0.0381. The van der Waals surface area contributed by atoms with Crippen LogP contribution >= 0.6 is 0 Å². The van der Waals surface area contributed by atoms with Gasteiger partial charge in [0.2, 0.25) is 0 Å². The Labute approximate surface area is 166 Å². The van der Waals surface area contributed by atoms with Crippen molar-refractivity contribution in [2.75, 3.05) is 6.54 Å². The highest BCUT2D eigenvalue weighted by molar-refractivity contribution is 5.69. The van der Waals surface area contributed by atoms with Gasteiger partial charge in [-0.15, -0.1) is 0 Å². The topological polar surface area (TPSA) is 96.9 Å². The summed E-state index contributed by atoms with van der Waals surface area (Å²) >= 11 is 0. The first kappa shape index (κ1) is 22.0. The number of aliphatic hydroxyl groups is 1. The fraction of sp³-hybridized carbons (Fsp3) is 0.619. The first-order chi connectivity index (χ1) is 13.1. The van der Waals surface area contributed by atoms with Gasteiger partial charge in [-0.25, -0.2) is 9.59 Å². The number of hydrogen-bond donors (Lipinski definition) is 3. The molecule has 0 bridgehead atoms. The predicted molar refractivity (Wildman–Crippen MR) is 106 cm³/mol. The summed E-state index contributed by atoms with van der Waals surface area (Å²) in [5.74, 6) is 0.348. The van der Waals surface area contributed by atoms with Crippen LogP contribution in [0.5, 0.6) is 0 Å². The number of nitrogens with one attached hydrogen (secondary N) is 2. The lowest BCUT2D eigenvalue weighted by Gasteiger charge is -2.42. The van der Waals surface area contributed by atoms with Crippen LogP contribution in [0.3, 0.4) is 0 Å². The molecule has 2 rings (SSSR count). The van der Waals surface area contributed by atoms with E-state index in [1.165, 1.54) is 0 Å². The van der Waals surface area contributed by atoms with Crippen molar-refractivity contribution in [1.82, 2.24) is 10.6 Å². The summed E-state index contributed by atoms with van der Waals surface area (Å²) in [7, 11) is 0. The van der Waals surface area contributed by atoms with E-state index < -0.39 is 29.4 Å². The number of ether oxygens (including phenoxy) is 2.